The van der Waals surface area contributed by atoms with Crippen molar-refractivity contribution in [3.63, 3.8) is 0 Å². The summed E-state index contributed by atoms with van der Waals surface area (Å²) in [7, 11) is 1.87. The van der Waals surface area contributed by atoms with Gasteiger partial charge in [-0.25, -0.2) is 0 Å². The summed E-state index contributed by atoms with van der Waals surface area (Å²) in [5, 5.41) is 7.26. The highest BCUT2D eigenvalue weighted by Gasteiger charge is 2.14. The summed E-state index contributed by atoms with van der Waals surface area (Å²) in [6.07, 6.45) is 8.46. The zero-order valence-electron chi connectivity index (χ0n) is 12.7. The number of thiophene rings is 2. The SMILES string of the molecule is CCCCCCc1c(/C=N/C)c2ccsc2c2sccc12. The van der Waals surface area contributed by atoms with Crippen LogP contribution in [0.25, 0.3) is 20.2 Å². The van der Waals surface area contributed by atoms with Gasteiger partial charge in [0.15, 0.2) is 0 Å². The summed E-state index contributed by atoms with van der Waals surface area (Å²) in [5.74, 6) is 0. The number of nitrogens with zero attached hydrogens (tertiary/aromatic N) is 1. The molecule has 3 aromatic rings. The van der Waals surface area contributed by atoms with Crippen molar-refractivity contribution in [1.29, 1.82) is 0 Å². The fourth-order valence-corrected chi connectivity index (χ4v) is 5.03. The first-order valence-electron chi connectivity index (χ1n) is 7.68. The second kappa shape index (κ2) is 6.71. The van der Waals surface area contributed by atoms with Crippen LogP contribution in [0.5, 0.6) is 0 Å². The van der Waals surface area contributed by atoms with Crippen molar-refractivity contribution in [3.8, 4) is 0 Å². The van der Waals surface area contributed by atoms with Gasteiger partial charge < -0.3 is 0 Å². The van der Waals surface area contributed by atoms with Crippen LogP contribution in [0.15, 0.2) is 27.9 Å². The maximum absolute atomic E-state index is 4.31. The van der Waals surface area contributed by atoms with Crippen molar-refractivity contribution >= 4 is 49.1 Å². The van der Waals surface area contributed by atoms with E-state index in [-0.39, 0.29) is 0 Å². The van der Waals surface area contributed by atoms with Crippen LogP contribution in [0.4, 0.5) is 0 Å². The molecule has 21 heavy (non-hydrogen) atoms. The molecule has 2 heterocycles. The fourth-order valence-electron chi connectivity index (χ4n) is 3.00. The van der Waals surface area contributed by atoms with Gasteiger partial charge in [-0.1, -0.05) is 26.2 Å². The molecule has 0 aliphatic carbocycles. The van der Waals surface area contributed by atoms with Gasteiger partial charge >= 0.3 is 0 Å². The van der Waals surface area contributed by atoms with Gasteiger partial charge in [0.2, 0.25) is 0 Å². The van der Waals surface area contributed by atoms with Crippen LogP contribution < -0.4 is 0 Å². The van der Waals surface area contributed by atoms with Gasteiger partial charge in [0, 0.05) is 24.2 Å². The van der Waals surface area contributed by atoms with Crippen LogP contribution in [0.1, 0.15) is 43.7 Å². The maximum atomic E-state index is 4.31. The van der Waals surface area contributed by atoms with E-state index >= 15 is 0 Å². The van der Waals surface area contributed by atoms with Gasteiger partial charge in [0.05, 0.1) is 9.40 Å². The minimum absolute atomic E-state index is 1.17. The second-order valence-corrected chi connectivity index (χ2v) is 7.25. The number of unbranched alkanes of at least 4 members (excludes halogenated alkanes) is 3. The molecule has 3 heteroatoms. The zero-order valence-corrected chi connectivity index (χ0v) is 14.3. The maximum Gasteiger partial charge on any atom is 0.0527 e. The molecule has 0 aliphatic heterocycles. The number of hydrogen-bond donors (Lipinski definition) is 0. The topological polar surface area (TPSA) is 12.4 Å². The number of hydrogen-bond acceptors (Lipinski definition) is 3. The van der Waals surface area contributed by atoms with Crippen LogP contribution in [-0.4, -0.2) is 13.3 Å². The van der Waals surface area contributed by atoms with Gasteiger partial charge in [-0.2, -0.15) is 0 Å². The van der Waals surface area contributed by atoms with E-state index < -0.39 is 0 Å². The molecule has 0 N–H and O–H groups in total. The molecule has 0 saturated carbocycles. The van der Waals surface area contributed by atoms with E-state index in [0.29, 0.717) is 0 Å². The molecule has 0 spiro atoms. The average molecular weight is 316 g/mol. The third-order valence-corrected chi connectivity index (χ3v) is 6.01. The van der Waals surface area contributed by atoms with Gasteiger partial charge in [-0.3, -0.25) is 4.99 Å². The van der Waals surface area contributed by atoms with E-state index in [1.54, 1.807) is 0 Å². The third kappa shape index (κ3) is 2.77. The summed E-state index contributed by atoms with van der Waals surface area (Å²) in [4.78, 5) is 4.31. The lowest BCUT2D eigenvalue weighted by Gasteiger charge is -2.10. The Morgan fingerprint density at radius 2 is 1.71 bits per heavy atom. The second-order valence-electron chi connectivity index (χ2n) is 5.42. The highest BCUT2D eigenvalue weighted by molar-refractivity contribution is 7.25. The summed E-state index contributed by atoms with van der Waals surface area (Å²) in [6.45, 7) is 2.27. The molecule has 0 amide bonds. The van der Waals surface area contributed by atoms with E-state index in [0.717, 1.165) is 0 Å². The van der Waals surface area contributed by atoms with E-state index in [1.807, 2.05) is 29.7 Å². The predicted octanol–water partition coefficient (Wildman–Crippen LogP) is 6.29. The van der Waals surface area contributed by atoms with Crippen molar-refractivity contribution in [2.45, 2.75) is 39.0 Å². The molecule has 0 atom stereocenters. The van der Waals surface area contributed by atoms with Gasteiger partial charge in [0.25, 0.3) is 0 Å². The smallest absolute Gasteiger partial charge is 0.0527 e. The molecule has 0 fully saturated rings. The Kier molecular flexibility index (Phi) is 4.71. The molecule has 0 radical (unpaired) electrons. The van der Waals surface area contributed by atoms with Crippen molar-refractivity contribution in [1.82, 2.24) is 0 Å². The molecule has 0 bridgehead atoms. The molecule has 1 aromatic carbocycles. The molecular formula is C18H21NS2. The number of benzene rings is 1. The van der Waals surface area contributed by atoms with Crippen LogP contribution in [0.3, 0.4) is 0 Å². The average Bonchev–Trinajstić information content (AvgIpc) is 3.13. The molecule has 2 aromatic heterocycles. The lowest BCUT2D eigenvalue weighted by molar-refractivity contribution is 0.668. The van der Waals surface area contributed by atoms with Crippen LogP contribution in [0, 0.1) is 0 Å². The molecule has 0 saturated heterocycles. The zero-order chi connectivity index (χ0) is 14.7. The highest BCUT2D eigenvalue weighted by Crippen LogP contribution is 2.39. The number of fused-ring (bicyclic) bond motifs is 3. The molecule has 1 nitrogen and oxygen atoms in total. The fraction of sp³-hybridized carbons (Fsp3) is 0.389. The Morgan fingerprint density at radius 3 is 2.43 bits per heavy atom. The first-order valence-corrected chi connectivity index (χ1v) is 9.44. The van der Waals surface area contributed by atoms with E-state index in [4.69, 9.17) is 0 Å². The molecule has 3 rings (SSSR count). The van der Waals surface area contributed by atoms with Crippen molar-refractivity contribution < 1.29 is 0 Å². The first kappa shape index (κ1) is 14.7. The summed E-state index contributed by atoms with van der Waals surface area (Å²) >= 11 is 3.72. The normalized spacial score (nSPS) is 12.1. The van der Waals surface area contributed by atoms with Gasteiger partial charge in [0.1, 0.15) is 0 Å². The third-order valence-electron chi connectivity index (χ3n) is 4.02. The quantitative estimate of drug-likeness (QED) is 0.374. The molecule has 0 aliphatic rings. The molecule has 0 unspecified atom stereocenters. The Bertz CT molecular complexity index is 764. The summed E-state index contributed by atoms with van der Waals surface area (Å²) in [6, 6.07) is 4.55. The van der Waals surface area contributed by atoms with E-state index in [9.17, 15) is 0 Å². The van der Waals surface area contributed by atoms with Gasteiger partial charge in [-0.15, -0.1) is 22.7 Å². The monoisotopic (exact) mass is 315 g/mol. The number of rotatable bonds is 6. The Morgan fingerprint density at radius 1 is 1.00 bits per heavy atom. The summed E-state index contributed by atoms with van der Waals surface area (Å²) in [5.41, 5.74) is 2.84. The standard InChI is InChI=1S/C18H21NS2/c1-3-4-5-6-7-13-14-8-10-20-17(14)18-15(9-11-21-18)16(13)12-19-2/h8-12H,3-7H2,1-2H3/b19-12+. The Labute approximate surface area is 134 Å². The highest BCUT2D eigenvalue weighted by atomic mass is 32.1. The minimum atomic E-state index is 1.17. The van der Waals surface area contributed by atoms with Crippen molar-refractivity contribution in [2.75, 3.05) is 7.05 Å². The molecule has 110 valence electrons. The van der Waals surface area contributed by atoms with Crippen LogP contribution >= 0.6 is 22.7 Å². The minimum Gasteiger partial charge on any atom is -0.296 e. The lowest BCUT2D eigenvalue weighted by atomic mass is 9.95. The van der Waals surface area contributed by atoms with Crippen molar-refractivity contribution in [3.05, 3.63) is 34.0 Å². The van der Waals surface area contributed by atoms with E-state index in [2.05, 4.69) is 41.0 Å². The Balaban J connectivity index is 2.12. The number of aliphatic imine (C=N–C) groups is 1. The Hall–Kier alpha value is -1.19. The van der Waals surface area contributed by atoms with E-state index in [1.165, 1.54) is 63.4 Å². The largest absolute Gasteiger partial charge is 0.296 e. The number of aryl methyl sites for hydroxylation is 1. The summed E-state index contributed by atoms with van der Waals surface area (Å²) < 4.78 is 2.88. The lowest BCUT2D eigenvalue weighted by Crippen LogP contribution is -1.96. The first-order chi connectivity index (χ1) is 10.4. The predicted molar refractivity (Wildman–Crippen MR) is 98.6 cm³/mol. The van der Waals surface area contributed by atoms with Crippen LogP contribution in [0.2, 0.25) is 0 Å². The van der Waals surface area contributed by atoms with Crippen LogP contribution in [-0.2, 0) is 6.42 Å². The molecular weight excluding hydrogens is 294 g/mol. The van der Waals surface area contributed by atoms with Crippen molar-refractivity contribution in [2.24, 2.45) is 4.99 Å². The van der Waals surface area contributed by atoms with Gasteiger partial charge in [-0.05, 0) is 46.7 Å².